The number of aliphatic hydroxyl groups excluding tert-OH is 1. The van der Waals surface area contributed by atoms with Crippen LogP contribution in [0.5, 0.6) is 5.75 Å². The van der Waals surface area contributed by atoms with Crippen LogP contribution in [-0.4, -0.2) is 87.5 Å². The van der Waals surface area contributed by atoms with Gasteiger partial charge in [-0.3, -0.25) is 19.8 Å². The minimum absolute atomic E-state index is 0.0160. The third-order valence-corrected chi connectivity index (χ3v) is 7.31. The van der Waals surface area contributed by atoms with Crippen LogP contribution in [0, 0.1) is 23.7 Å². The highest BCUT2D eigenvalue weighted by Crippen LogP contribution is 2.24. The number of nitrogens with two attached hydrogens (primary N) is 1. The van der Waals surface area contributed by atoms with E-state index in [4.69, 9.17) is 15.2 Å². The van der Waals surface area contributed by atoms with Crippen LogP contribution in [-0.2, 0) is 14.3 Å². The number of methoxy groups -OCH3 is 1. The second kappa shape index (κ2) is 20.2. The van der Waals surface area contributed by atoms with Gasteiger partial charge < -0.3 is 30.9 Å². The standard InChI is InChI=1S/C31H55N5O6/c1-21(2)23(20-34-30(39)24-12-8-9-13-28(24)42-17-11-10-16-41-7)18-26(32)27(37)19-25(22(3)4)31(40)33-15-14-29(38)35-36(5)6/h8-9,12-13,21-23,25-27,37H,10-11,14-20,32H2,1-7H3,(H,33,40)(H,34,39)(H,35,38). The Bertz CT molecular complexity index is 942. The number of carbonyl (C=O) groups excluding carboxylic acids is 3. The summed E-state index contributed by atoms with van der Waals surface area (Å²) in [6.07, 6.45) is 1.65. The smallest absolute Gasteiger partial charge is 0.255 e. The lowest BCUT2D eigenvalue weighted by Gasteiger charge is -2.30. The Morgan fingerprint density at radius 2 is 1.64 bits per heavy atom. The molecule has 0 aliphatic rings. The SMILES string of the molecule is COCCCCOc1ccccc1C(=O)NCC(CC(N)C(O)CC(C(=O)NCCC(=O)NN(C)C)C(C)C)C(C)C. The molecular formula is C31H55N5O6. The van der Waals surface area contributed by atoms with Crippen molar-refractivity contribution < 1.29 is 29.0 Å². The van der Waals surface area contributed by atoms with Gasteiger partial charge in [0.1, 0.15) is 5.75 Å². The third kappa shape index (κ3) is 14.4. The average molecular weight is 594 g/mol. The molecule has 0 aliphatic carbocycles. The maximum atomic E-state index is 13.1. The van der Waals surface area contributed by atoms with Crippen molar-refractivity contribution in [1.82, 2.24) is 21.1 Å². The first-order valence-electron chi connectivity index (χ1n) is 15.0. The zero-order valence-corrected chi connectivity index (χ0v) is 26.7. The fourth-order valence-electron chi connectivity index (χ4n) is 4.58. The summed E-state index contributed by atoms with van der Waals surface area (Å²) in [4.78, 5) is 37.8. The Morgan fingerprint density at radius 3 is 2.26 bits per heavy atom. The summed E-state index contributed by atoms with van der Waals surface area (Å²) in [7, 11) is 5.10. The molecule has 0 spiro atoms. The number of ether oxygens (including phenoxy) is 2. The highest BCUT2D eigenvalue weighted by atomic mass is 16.5. The first-order valence-corrected chi connectivity index (χ1v) is 15.0. The molecule has 0 saturated carbocycles. The van der Waals surface area contributed by atoms with Gasteiger partial charge in [0.2, 0.25) is 11.8 Å². The van der Waals surface area contributed by atoms with E-state index in [0.717, 1.165) is 12.8 Å². The lowest BCUT2D eigenvalue weighted by atomic mass is 9.83. The van der Waals surface area contributed by atoms with E-state index in [1.807, 2.05) is 19.9 Å². The molecule has 0 saturated heterocycles. The van der Waals surface area contributed by atoms with Crippen molar-refractivity contribution in [1.29, 1.82) is 0 Å². The maximum Gasteiger partial charge on any atom is 0.255 e. The first-order chi connectivity index (χ1) is 19.9. The van der Waals surface area contributed by atoms with E-state index >= 15 is 0 Å². The summed E-state index contributed by atoms with van der Waals surface area (Å²) in [6, 6.07) is 6.60. The molecule has 6 N–H and O–H groups in total. The molecule has 4 atom stereocenters. The summed E-state index contributed by atoms with van der Waals surface area (Å²) in [5.74, 6) is -0.341. The maximum absolute atomic E-state index is 13.1. The summed E-state index contributed by atoms with van der Waals surface area (Å²) in [6.45, 7) is 9.73. The number of para-hydroxylation sites is 1. The van der Waals surface area contributed by atoms with Gasteiger partial charge in [-0.25, -0.2) is 5.01 Å². The molecule has 0 fully saturated rings. The predicted octanol–water partition coefficient (Wildman–Crippen LogP) is 2.33. The summed E-state index contributed by atoms with van der Waals surface area (Å²) in [5, 5.41) is 18.4. The zero-order valence-electron chi connectivity index (χ0n) is 26.7. The van der Waals surface area contributed by atoms with E-state index in [1.54, 1.807) is 44.4 Å². The van der Waals surface area contributed by atoms with Crippen molar-refractivity contribution in [2.45, 2.75) is 71.9 Å². The highest BCUT2D eigenvalue weighted by molar-refractivity contribution is 5.96. The van der Waals surface area contributed by atoms with Gasteiger partial charge in [0.25, 0.3) is 5.91 Å². The second-order valence-corrected chi connectivity index (χ2v) is 11.8. The molecule has 42 heavy (non-hydrogen) atoms. The second-order valence-electron chi connectivity index (χ2n) is 11.8. The number of hydrazine groups is 1. The van der Waals surface area contributed by atoms with Gasteiger partial charge in [-0.05, 0) is 55.6 Å². The van der Waals surface area contributed by atoms with Crippen molar-refractivity contribution in [3.63, 3.8) is 0 Å². The predicted molar refractivity (Wildman–Crippen MR) is 165 cm³/mol. The van der Waals surface area contributed by atoms with Crippen molar-refractivity contribution >= 4 is 17.7 Å². The van der Waals surface area contributed by atoms with Crippen LogP contribution >= 0.6 is 0 Å². The van der Waals surface area contributed by atoms with Crippen LogP contribution in [0.3, 0.4) is 0 Å². The molecule has 1 aromatic carbocycles. The minimum Gasteiger partial charge on any atom is -0.493 e. The van der Waals surface area contributed by atoms with E-state index in [2.05, 4.69) is 29.9 Å². The van der Waals surface area contributed by atoms with Crippen molar-refractivity contribution in [3.05, 3.63) is 29.8 Å². The molecule has 1 rings (SSSR count). The Morgan fingerprint density at radius 1 is 0.976 bits per heavy atom. The van der Waals surface area contributed by atoms with Gasteiger partial charge in [0, 0.05) is 59.3 Å². The molecule has 0 aliphatic heterocycles. The van der Waals surface area contributed by atoms with Crippen molar-refractivity contribution in [2.75, 3.05) is 47.5 Å². The number of hydrogen-bond acceptors (Lipinski definition) is 8. The van der Waals surface area contributed by atoms with Gasteiger partial charge >= 0.3 is 0 Å². The average Bonchev–Trinajstić information content (AvgIpc) is 2.92. The van der Waals surface area contributed by atoms with E-state index in [1.165, 1.54) is 0 Å². The molecule has 0 bridgehead atoms. The van der Waals surface area contributed by atoms with Gasteiger partial charge in [0.15, 0.2) is 0 Å². The Kier molecular flexibility index (Phi) is 18.0. The molecule has 3 amide bonds. The zero-order chi connectivity index (χ0) is 31.7. The normalized spacial score (nSPS) is 14.4. The number of benzene rings is 1. The molecule has 0 heterocycles. The Hall–Kier alpha value is -2.73. The van der Waals surface area contributed by atoms with Gasteiger partial charge in [0.05, 0.1) is 18.3 Å². The van der Waals surface area contributed by atoms with Crippen LogP contribution in [0.2, 0.25) is 0 Å². The molecule has 1 aromatic rings. The number of nitrogens with one attached hydrogen (secondary N) is 3. The number of rotatable bonds is 21. The molecule has 240 valence electrons. The van der Waals surface area contributed by atoms with Crippen molar-refractivity contribution in [2.24, 2.45) is 29.4 Å². The molecule has 11 heteroatoms. The van der Waals surface area contributed by atoms with E-state index in [0.29, 0.717) is 37.5 Å². The fourth-order valence-corrected chi connectivity index (χ4v) is 4.58. The number of unbranched alkanes of at least 4 members (excludes halogenated alkanes) is 1. The van der Waals surface area contributed by atoms with Gasteiger partial charge in [-0.15, -0.1) is 0 Å². The van der Waals surface area contributed by atoms with Crippen LogP contribution in [0.1, 0.15) is 70.2 Å². The van der Waals surface area contributed by atoms with Crippen LogP contribution < -0.4 is 26.5 Å². The Labute approximate surface area is 252 Å². The topological polar surface area (TPSA) is 155 Å². The summed E-state index contributed by atoms with van der Waals surface area (Å²) in [5.41, 5.74) is 9.55. The summed E-state index contributed by atoms with van der Waals surface area (Å²) >= 11 is 0. The fraction of sp³-hybridized carbons (Fsp3) is 0.710. The largest absolute Gasteiger partial charge is 0.493 e. The molecule has 0 radical (unpaired) electrons. The highest BCUT2D eigenvalue weighted by Gasteiger charge is 2.30. The summed E-state index contributed by atoms with van der Waals surface area (Å²) < 4.78 is 10.9. The quantitative estimate of drug-likeness (QED) is 0.107. The first kappa shape index (κ1) is 37.3. The number of hydrogen-bond donors (Lipinski definition) is 5. The van der Waals surface area contributed by atoms with Gasteiger partial charge in [-0.2, -0.15) is 0 Å². The van der Waals surface area contributed by atoms with Crippen LogP contribution in [0.15, 0.2) is 24.3 Å². The van der Waals surface area contributed by atoms with E-state index in [-0.39, 0.29) is 54.9 Å². The molecular weight excluding hydrogens is 538 g/mol. The minimum atomic E-state index is -0.899. The molecule has 0 aromatic heterocycles. The lowest BCUT2D eigenvalue weighted by Crippen LogP contribution is -2.44. The number of nitrogens with zero attached hydrogens (tertiary/aromatic N) is 1. The Balaban J connectivity index is 2.68. The van der Waals surface area contributed by atoms with E-state index < -0.39 is 18.1 Å². The molecule has 11 nitrogen and oxygen atoms in total. The van der Waals surface area contributed by atoms with Gasteiger partial charge in [-0.1, -0.05) is 39.8 Å². The number of carbonyl (C=O) groups is 3. The molecule has 4 unspecified atom stereocenters. The third-order valence-electron chi connectivity index (χ3n) is 7.31. The monoisotopic (exact) mass is 593 g/mol. The number of amides is 3. The van der Waals surface area contributed by atoms with Crippen LogP contribution in [0.4, 0.5) is 0 Å². The lowest BCUT2D eigenvalue weighted by molar-refractivity contribution is -0.128. The van der Waals surface area contributed by atoms with Crippen LogP contribution in [0.25, 0.3) is 0 Å². The van der Waals surface area contributed by atoms with Crippen molar-refractivity contribution in [3.8, 4) is 5.75 Å². The van der Waals surface area contributed by atoms with E-state index in [9.17, 15) is 19.5 Å². The number of aliphatic hydroxyl groups is 1.